The van der Waals surface area contributed by atoms with Crippen LogP contribution in [0.25, 0.3) is 0 Å². The molecule has 1 aliphatic rings. The number of ether oxygens (including phenoxy) is 1. The molecule has 1 heterocycles. The summed E-state index contributed by atoms with van der Waals surface area (Å²) in [7, 11) is 0. The van der Waals surface area contributed by atoms with Crippen molar-refractivity contribution < 1.29 is 18.3 Å². The first-order valence-electron chi connectivity index (χ1n) is 8.19. The van der Waals surface area contributed by atoms with Gasteiger partial charge in [0.05, 0.1) is 6.10 Å². The van der Waals surface area contributed by atoms with E-state index in [9.17, 15) is 13.6 Å². The molecular weight excluding hydrogens is 326 g/mol. The van der Waals surface area contributed by atoms with E-state index in [1.807, 2.05) is 24.3 Å². The predicted molar refractivity (Wildman–Crippen MR) is 91.0 cm³/mol. The van der Waals surface area contributed by atoms with Crippen molar-refractivity contribution in [2.24, 2.45) is 0 Å². The Labute approximate surface area is 145 Å². The van der Waals surface area contributed by atoms with Crippen molar-refractivity contribution in [3.05, 3.63) is 65.2 Å². The van der Waals surface area contributed by atoms with Crippen LogP contribution in [-0.2, 0) is 16.1 Å². The summed E-state index contributed by atoms with van der Waals surface area (Å²) in [4.78, 5) is 11.0. The van der Waals surface area contributed by atoms with E-state index in [0.29, 0.717) is 18.7 Å². The molecule has 0 spiro atoms. The maximum atomic E-state index is 13.5. The van der Waals surface area contributed by atoms with E-state index in [1.165, 1.54) is 13.0 Å². The third-order valence-corrected chi connectivity index (χ3v) is 4.21. The lowest BCUT2D eigenvalue weighted by atomic mass is 10.0. The average Bonchev–Trinajstić information content (AvgIpc) is 3.05. The highest BCUT2D eigenvalue weighted by Gasteiger charge is 2.29. The molecule has 3 rings (SSSR count). The topological polar surface area (TPSA) is 50.4 Å². The maximum absolute atomic E-state index is 13.5. The van der Waals surface area contributed by atoms with Gasteiger partial charge in [0.15, 0.2) is 11.6 Å². The number of carbonyl (C=O) groups is 1. The van der Waals surface area contributed by atoms with E-state index in [0.717, 1.165) is 23.7 Å². The summed E-state index contributed by atoms with van der Waals surface area (Å²) >= 11 is 0. The largest absolute Gasteiger partial charge is 0.372 e. The molecule has 0 unspecified atom stereocenters. The molecule has 2 atom stereocenters. The molecular formula is C19H20F2N2O2. The van der Waals surface area contributed by atoms with E-state index >= 15 is 0 Å². The summed E-state index contributed by atoms with van der Waals surface area (Å²) < 4.78 is 32.3. The summed E-state index contributed by atoms with van der Waals surface area (Å²) in [6, 6.07) is 11.5. The fraction of sp³-hybridized carbons (Fsp3) is 0.316. The first-order valence-corrected chi connectivity index (χ1v) is 8.19. The monoisotopic (exact) mass is 346 g/mol. The molecule has 1 aliphatic heterocycles. The van der Waals surface area contributed by atoms with Gasteiger partial charge in [-0.05, 0) is 41.8 Å². The van der Waals surface area contributed by atoms with Crippen LogP contribution in [0.5, 0.6) is 0 Å². The average molecular weight is 346 g/mol. The quantitative estimate of drug-likeness (QED) is 0.871. The minimum atomic E-state index is -0.861. The van der Waals surface area contributed by atoms with Crippen molar-refractivity contribution in [1.82, 2.24) is 5.32 Å². The first kappa shape index (κ1) is 17.5. The van der Waals surface area contributed by atoms with Gasteiger partial charge in [0.2, 0.25) is 5.91 Å². The minimum Gasteiger partial charge on any atom is -0.372 e. The van der Waals surface area contributed by atoms with Gasteiger partial charge in [-0.25, -0.2) is 8.78 Å². The van der Waals surface area contributed by atoms with Crippen LogP contribution in [0.3, 0.4) is 0 Å². The Bertz CT molecular complexity index is 750. The highest BCUT2D eigenvalue weighted by Crippen LogP contribution is 2.30. The van der Waals surface area contributed by atoms with Crippen molar-refractivity contribution in [2.75, 3.05) is 11.9 Å². The molecule has 0 aromatic heterocycles. The van der Waals surface area contributed by atoms with Gasteiger partial charge in [-0.15, -0.1) is 0 Å². The summed E-state index contributed by atoms with van der Waals surface area (Å²) in [5, 5.41) is 6.13. The standard InChI is InChI=1S/C19H20F2N2O2/c1-12(24)23-15-5-2-13(3-6-15)11-22-18-8-9-25-19(18)14-4-7-16(20)17(21)10-14/h2-7,10,18-19,22H,8-9,11H2,1H3,(H,23,24)/t18-,19+/m0/s1. The summed E-state index contributed by atoms with van der Waals surface area (Å²) in [5.74, 6) is -1.82. The third kappa shape index (κ3) is 4.41. The number of hydrogen-bond donors (Lipinski definition) is 2. The molecule has 2 aromatic rings. The Morgan fingerprint density at radius 3 is 2.60 bits per heavy atom. The molecule has 25 heavy (non-hydrogen) atoms. The van der Waals surface area contributed by atoms with Gasteiger partial charge in [0.1, 0.15) is 0 Å². The van der Waals surface area contributed by atoms with E-state index in [4.69, 9.17) is 4.74 Å². The second-order valence-corrected chi connectivity index (χ2v) is 6.12. The van der Waals surface area contributed by atoms with Gasteiger partial charge in [-0.1, -0.05) is 18.2 Å². The van der Waals surface area contributed by atoms with E-state index in [-0.39, 0.29) is 18.1 Å². The number of rotatable bonds is 5. The zero-order valence-electron chi connectivity index (χ0n) is 13.9. The molecule has 4 nitrogen and oxygen atoms in total. The van der Waals surface area contributed by atoms with Crippen molar-refractivity contribution in [1.29, 1.82) is 0 Å². The Morgan fingerprint density at radius 2 is 1.92 bits per heavy atom. The number of nitrogens with one attached hydrogen (secondary N) is 2. The van der Waals surface area contributed by atoms with Gasteiger partial charge in [-0.2, -0.15) is 0 Å². The number of carbonyl (C=O) groups excluding carboxylic acids is 1. The second-order valence-electron chi connectivity index (χ2n) is 6.12. The molecule has 0 radical (unpaired) electrons. The fourth-order valence-corrected chi connectivity index (χ4v) is 2.97. The molecule has 1 fully saturated rings. The Hall–Kier alpha value is -2.31. The van der Waals surface area contributed by atoms with Crippen LogP contribution in [-0.4, -0.2) is 18.6 Å². The molecule has 6 heteroatoms. The van der Waals surface area contributed by atoms with E-state index < -0.39 is 11.6 Å². The molecule has 1 amide bonds. The van der Waals surface area contributed by atoms with Crippen LogP contribution in [0.1, 0.15) is 30.6 Å². The van der Waals surface area contributed by atoms with Crippen LogP contribution < -0.4 is 10.6 Å². The van der Waals surface area contributed by atoms with Gasteiger partial charge in [0, 0.05) is 31.8 Å². The van der Waals surface area contributed by atoms with Crippen molar-refractivity contribution in [2.45, 2.75) is 32.0 Å². The molecule has 2 N–H and O–H groups in total. The lowest BCUT2D eigenvalue weighted by Gasteiger charge is -2.20. The number of amides is 1. The second kappa shape index (κ2) is 7.72. The van der Waals surface area contributed by atoms with Crippen molar-refractivity contribution >= 4 is 11.6 Å². The molecule has 1 saturated heterocycles. The number of halogens is 2. The predicted octanol–water partition coefficient (Wildman–Crippen LogP) is 3.54. The number of hydrogen-bond acceptors (Lipinski definition) is 3. The van der Waals surface area contributed by atoms with Crippen LogP contribution in [0.4, 0.5) is 14.5 Å². The molecule has 132 valence electrons. The highest BCUT2D eigenvalue weighted by molar-refractivity contribution is 5.88. The normalized spacial score (nSPS) is 19.8. The molecule has 0 saturated carbocycles. The number of anilines is 1. The lowest BCUT2D eigenvalue weighted by molar-refractivity contribution is -0.114. The number of benzene rings is 2. The lowest BCUT2D eigenvalue weighted by Crippen LogP contribution is -2.31. The van der Waals surface area contributed by atoms with E-state index in [1.54, 1.807) is 6.07 Å². The van der Waals surface area contributed by atoms with Crippen molar-refractivity contribution in [3.63, 3.8) is 0 Å². The van der Waals surface area contributed by atoms with Gasteiger partial charge >= 0.3 is 0 Å². The smallest absolute Gasteiger partial charge is 0.221 e. The Morgan fingerprint density at radius 1 is 1.16 bits per heavy atom. The highest BCUT2D eigenvalue weighted by atomic mass is 19.2. The summed E-state index contributed by atoms with van der Waals surface area (Å²) in [5.41, 5.74) is 2.44. The fourth-order valence-electron chi connectivity index (χ4n) is 2.97. The Kier molecular flexibility index (Phi) is 5.40. The maximum Gasteiger partial charge on any atom is 0.221 e. The van der Waals surface area contributed by atoms with Crippen LogP contribution >= 0.6 is 0 Å². The van der Waals surface area contributed by atoms with Gasteiger partial charge < -0.3 is 15.4 Å². The molecule has 2 aromatic carbocycles. The zero-order chi connectivity index (χ0) is 17.8. The zero-order valence-corrected chi connectivity index (χ0v) is 13.9. The summed E-state index contributed by atoms with van der Waals surface area (Å²) in [6.45, 7) is 2.66. The Balaban J connectivity index is 1.61. The van der Waals surface area contributed by atoms with Crippen LogP contribution in [0.15, 0.2) is 42.5 Å². The summed E-state index contributed by atoms with van der Waals surface area (Å²) in [6.07, 6.45) is 0.502. The van der Waals surface area contributed by atoms with Gasteiger partial charge in [-0.3, -0.25) is 4.79 Å². The minimum absolute atomic E-state index is 0.0277. The van der Waals surface area contributed by atoms with Crippen molar-refractivity contribution in [3.8, 4) is 0 Å². The molecule has 0 aliphatic carbocycles. The SMILES string of the molecule is CC(=O)Nc1ccc(CN[C@H]2CCO[C@@H]2c2ccc(F)c(F)c2)cc1. The first-order chi connectivity index (χ1) is 12.0. The molecule has 0 bridgehead atoms. The van der Waals surface area contributed by atoms with Crippen LogP contribution in [0.2, 0.25) is 0 Å². The van der Waals surface area contributed by atoms with Crippen LogP contribution in [0, 0.1) is 11.6 Å². The third-order valence-electron chi connectivity index (χ3n) is 4.21. The van der Waals surface area contributed by atoms with E-state index in [2.05, 4.69) is 10.6 Å². The van der Waals surface area contributed by atoms with Gasteiger partial charge in [0.25, 0.3) is 0 Å².